The number of hydrogen-bond acceptors (Lipinski definition) is 2. The average Bonchev–Trinajstić information content (AvgIpc) is 1.92. The first-order valence-electron chi connectivity index (χ1n) is 3.12. The summed E-state index contributed by atoms with van der Waals surface area (Å²) in [5, 5.41) is 0. The Balaban J connectivity index is 3.47. The number of halogens is 2. The first-order chi connectivity index (χ1) is 5.43. The van der Waals surface area contributed by atoms with Gasteiger partial charge in [-0.3, -0.25) is 0 Å². The van der Waals surface area contributed by atoms with E-state index in [0.717, 1.165) is 5.56 Å². The van der Waals surface area contributed by atoms with E-state index < -0.39 is 9.05 Å². The molecule has 66 valence electrons. The summed E-state index contributed by atoms with van der Waals surface area (Å²) in [4.78, 5) is 0.185. The molecule has 0 spiro atoms. The minimum atomic E-state index is -3.59. The van der Waals surface area contributed by atoms with E-state index in [1.165, 1.54) is 6.07 Å². The molecule has 2 nitrogen and oxygen atoms in total. The van der Waals surface area contributed by atoms with Crippen LogP contribution in [0.25, 0.3) is 0 Å². The number of aryl methyl sites for hydroxylation is 1. The smallest absolute Gasteiger partial charge is 0.207 e. The van der Waals surface area contributed by atoms with Gasteiger partial charge < -0.3 is 0 Å². The Hall–Kier alpha value is 0.190. The molecule has 0 amide bonds. The van der Waals surface area contributed by atoms with Crippen molar-refractivity contribution >= 4 is 42.3 Å². The van der Waals surface area contributed by atoms with Crippen LogP contribution in [0.1, 0.15) is 5.56 Å². The van der Waals surface area contributed by atoms with Gasteiger partial charge in [0, 0.05) is 14.3 Å². The molecule has 1 rings (SSSR count). The minimum absolute atomic E-state index is 0.185. The Morgan fingerprint density at radius 3 is 2.42 bits per heavy atom. The van der Waals surface area contributed by atoms with Crippen molar-refractivity contribution in [2.24, 2.45) is 0 Å². The molecule has 12 heavy (non-hydrogen) atoms. The van der Waals surface area contributed by atoms with Gasteiger partial charge in [0.25, 0.3) is 9.05 Å². The number of rotatable bonds is 1. The zero-order chi connectivity index (χ0) is 9.35. The zero-order valence-electron chi connectivity index (χ0n) is 6.21. The Morgan fingerprint density at radius 1 is 1.42 bits per heavy atom. The van der Waals surface area contributed by atoms with Gasteiger partial charge in [0.2, 0.25) is 0 Å². The van der Waals surface area contributed by atoms with Crippen LogP contribution in [0.3, 0.4) is 0 Å². The quantitative estimate of drug-likeness (QED) is 0.589. The van der Waals surface area contributed by atoms with Crippen molar-refractivity contribution in [2.75, 3.05) is 0 Å². The maximum Gasteiger partial charge on any atom is 0.262 e. The van der Waals surface area contributed by atoms with Gasteiger partial charge in [-0.25, -0.2) is 8.42 Å². The van der Waals surface area contributed by atoms with E-state index in [1.54, 1.807) is 6.07 Å². The standard InChI is InChI=1S/C7H6ClIO2S/c1-5-3-2-4-6(7(5)9)12(8,10)11/h2-4H,1H3. The van der Waals surface area contributed by atoms with Crippen molar-refractivity contribution in [1.29, 1.82) is 0 Å². The van der Waals surface area contributed by atoms with E-state index in [0.29, 0.717) is 3.57 Å². The molecule has 0 N–H and O–H groups in total. The second-order valence-electron chi connectivity index (χ2n) is 2.32. The lowest BCUT2D eigenvalue weighted by Gasteiger charge is -2.01. The maximum absolute atomic E-state index is 11.0. The highest BCUT2D eigenvalue weighted by atomic mass is 127. The zero-order valence-corrected chi connectivity index (χ0v) is 9.94. The molecule has 1 aromatic carbocycles. The molecule has 0 radical (unpaired) electrons. The Labute approximate surface area is 89.5 Å². The third-order valence-corrected chi connectivity index (χ3v) is 4.58. The van der Waals surface area contributed by atoms with Gasteiger partial charge in [0.1, 0.15) is 0 Å². The second-order valence-corrected chi connectivity index (χ2v) is 5.94. The van der Waals surface area contributed by atoms with Gasteiger partial charge in [0.15, 0.2) is 0 Å². The number of benzene rings is 1. The molecule has 0 fully saturated rings. The first kappa shape index (κ1) is 10.3. The Kier molecular flexibility index (Phi) is 3.01. The van der Waals surface area contributed by atoms with E-state index in [4.69, 9.17) is 10.7 Å². The molecule has 0 saturated heterocycles. The Bertz CT molecular complexity index is 400. The van der Waals surface area contributed by atoms with Crippen molar-refractivity contribution < 1.29 is 8.42 Å². The molecule has 0 atom stereocenters. The summed E-state index contributed by atoms with van der Waals surface area (Å²) in [5.74, 6) is 0. The SMILES string of the molecule is Cc1cccc(S(=O)(=O)Cl)c1I. The fourth-order valence-corrected chi connectivity index (χ4v) is 3.43. The van der Waals surface area contributed by atoms with E-state index >= 15 is 0 Å². The van der Waals surface area contributed by atoms with Crippen LogP contribution in [-0.2, 0) is 9.05 Å². The number of hydrogen-bond donors (Lipinski definition) is 0. The van der Waals surface area contributed by atoms with Crippen LogP contribution in [0.2, 0.25) is 0 Å². The van der Waals surface area contributed by atoms with E-state index in [-0.39, 0.29) is 4.90 Å². The molecule has 0 heterocycles. The summed E-state index contributed by atoms with van der Waals surface area (Å²) in [6, 6.07) is 5.01. The van der Waals surface area contributed by atoms with E-state index in [2.05, 4.69) is 0 Å². The lowest BCUT2D eigenvalue weighted by atomic mass is 10.2. The molecule has 5 heteroatoms. The second kappa shape index (κ2) is 3.51. The minimum Gasteiger partial charge on any atom is -0.207 e. The summed E-state index contributed by atoms with van der Waals surface area (Å²) < 4.78 is 22.6. The first-order valence-corrected chi connectivity index (χ1v) is 6.51. The lowest BCUT2D eigenvalue weighted by molar-refractivity contribution is 0.609. The highest BCUT2D eigenvalue weighted by molar-refractivity contribution is 14.1. The van der Waals surface area contributed by atoms with Crippen molar-refractivity contribution in [3.05, 3.63) is 27.3 Å². The fourth-order valence-electron chi connectivity index (χ4n) is 0.809. The van der Waals surface area contributed by atoms with Gasteiger partial charge in [-0.05, 0) is 41.1 Å². The monoisotopic (exact) mass is 316 g/mol. The van der Waals surface area contributed by atoms with Crippen LogP contribution in [0, 0.1) is 10.5 Å². The topological polar surface area (TPSA) is 34.1 Å². The summed E-state index contributed by atoms with van der Waals surface area (Å²) >= 11 is 1.97. The third kappa shape index (κ3) is 2.11. The molecular weight excluding hydrogens is 310 g/mol. The largest absolute Gasteiger partial charge is 0.262 e. The highest BCUT2D eigenvalue weighted by Crippen LogP contribution is 2.23. The van der Waals surface area contributed by atoms with E-state index in [9.17, 15) is 8.42 Å². The van der Waals surface area contributed by atoms with Crippen LogP contribution in [-0.4, -0.2) is 8.42 Å². The molecule has 0 aliphatic heterocycles. The maximum atomic E-state index is 11.0. The summed E-state index contributed by atoms with van der Waals surface area (Å²) in [6.07, 6.45) is 0. The van der Waals surface area contributed by atoms with Crippen LogP contribution in [0.15, 0.2) is 23.1 Å². The normalized spacial score (nSPS) is 11.6. The average molecular weight is 317 g/mol. The summed E-state index contributed by atoms with van der Waals surface area (Å²) in [5.41, 5.74) is 0.914. The van der Waals surface area contributed by atoms with Crippen LogP contribution >= 0.6 is 33.3 Å². The van der Waals surface area contributed by atoms with E-state index in [1.807, 2.05) is 35.6 Å². The lowest BCUT2D eigenvalue weighted by Crippen LogP contribution is -1.95. The van der Waals surface area contributed by atoms with Gasteiger partial charge in [0.05, 0.1) is 4.90 Å². The van der Waals surface area contributed by atoms with Crippen LogP contribution in [0.4, 0.5) is 0 Å². The predicted octanol–water partition coefficient (Wildman–Crippen LogP) is 2.53. The molecule has 0 aliphatic carbocycles. The van der Waals surface area contributed by atoms with Crippen LogP contribution in [0.5, 0.6) is 0 Å². The van der Waals surface area contributed by atoms with Crippen molar-refractivity contribution in [3.8, 4) is 0 Å². The molecule has 0 unspecified atom stereocenters. The fraction of sp³-hybridized carbons (Fsp3) is 0.143. The van der Waals surface area contributed by atoms with Gasteiger partial charge >= 0.3 is 0 Å². The molecule has 0 saturated carbocycles. The molecular formula is C7H6ClIO2S. The molecule has 1 aromatic rings. The summed E-state index contributed by atoms with van der Waals surface area (Å²) in [7, 11) is 1.61. The van der Waals surface area contributed by atoms with Gasteiger partial charge in [-0.15, -0.1) is 0 Å². The molecule has 0 bridgehead atoms. The van der Waals surface area contributed by atoms with Gasteiger partial charge in [-0.2, -0.15) is 0 Å². The van der Waals surface area contributed by atoms with Gasteiger partial charge in [-0.1, -0.05) is 12.1 Å². The van der Waals surface area contributed by atoms with Crippen molar-refractivity contribution in [1.82, 2.24) is 0 Å². The molecule has 0 aromatic heterocycles. The summed E-state index contributed by atoms with van der Waals surface area (Å²) in [6.45, 7) is 1.84. The highest BCUT2D eigenvalue weighted by Gasteiger charge is 2.14. The van der Waals surface area contributed by atoms with Crippen molar-refractivity contribution in [3.63, 3.8) is 0 Å². The predicted molar refractivity (Wildman–Crippen MR) is 56.9 cm³/mol. The van der Waals surface area contributed by atoms with Crippen LogP contribution < -0.4 is 0 Å². The molecule has 0 aliphatic rings. The third-order valence-electron chi connectivity index (χ3n) is 1.42. The van der Waals surface area contributed by atoms with Crippen molar-refractivity contribution in [2.45, 2.75) is 11.8 Å². The Morgan fingerprint density at radius 2 is 2.00 bits per heavy atom.